The number of Topliss-reactive ketones (excluding diaryl/α,β-unsaturated/α-hetero) is 1. The molecule has 1 aromatic heterocycles. The summed E-state index contributed by atoms with van der Waals surface area (Å²) in [4.78, 5) is 13.6. The first-order valence-corrected chi connectivity index (χ1v) is 8.04. The summed E-state index contributed by atoms with van der Waals surface area (Å²) in [6.07, 6.45) is 2.57. The number of fused-ring (bicyclic) bond motifs is 1. The van der Waals surface area contributed by atoms with Crippen molar-refractivity contribution in [2.45, 2.75) is 19.3 Å². The number of carbonyl (C=O) groups excluding carboxylic acids is 1. The molecule has 1 N–H and O–H groups in total. The minimum absolute atomic E-state index is 0.212. The van der Waals surface area contributed by atoms with Crippen LogP contribution >= 0.6 is 27.3 Å². The number of halogens is 1. The third-order valence-corrected chi connectivity index (χ3v) is 5.33. The van der Waals surface area contributed by atoms with E-state index < -0.39 is 0 Å². The number of nitrogens with one attached hydrogen (secondary N) is 1. The minimum atomic E-state index is 0.212. The molecular formula is C15H14BrNOS. The molecule has 4 heteroatoms. The lowest BCUT2D eigenvalue weighted by Gasteiger charge is -2.20. The molecular weight excluding hydrogens is 322 g/mol. The van der Waals surface area contributed by atoms with Crippen molar-refractivity contribution in [1.29, 1.82) is 0 Å². The Labute approximate surface area is 125 Å². The molecule has 0 fully saturated rings. The molecule has 1 aliphatic rings. The van der Waals surface area contributed by atoms with Crippen LogP contribution in [0.15, 0.2) is 34.1 Å². The highest BCUT2D eigenvalue weighted by molar-refractivity contribution is 9.10. The lowest BCUT2D eigenvalue weighted by Crippen LogP contribution is -2.16. The molecule has 19 heavy (non-hydrogen) atoms. The topological polar surface area (TPSA) is 29.1 Å². The van der Waals surface area contributed by atoms with Crippen molar-refractivity contribution < 1.29 is 4.79 Å². The molecule has 0 atom stereocenters. The second-order valence-corrected chi connectivity index (χ2v) is 6.51. The van der Waals surface area contributed by atoms with Crippen molar-refractivity contribution in [3.05, 3.63) is 50.1 Å². The lowest BCUT2D eigenvalue weighted by atomic mass is 9.94. The van der Waals surface area contributed by atoms with Crippen molar-refractivity contribution in [1.82, 2.24) is 0 Å². The van der Waals surface area contributed by atoms with Gasteiger partial charge in [0.05, 0.1) is 0 Å². The number of hydrogen-bond donors (Lipinski definition) is 1. The highest BCUT2D eigenvalue weighted by Gasteiger charge is 2.18. The van der Waals surface area contributed by atoms with Crippen molar-refractivity contribution >= 4 is 38.7 Å². The summed E-state index contributed by atoms with van der Waals surface area (Å²) in [5, 5.41) is 5.38. The quantitative estimate of drug-likeness (QED) is 0.847. The highest BCUT2D eigenvalue weighted by Crippen LogP contribution is 2.28. The molecule has 1 aromatic carbocycles. The van der Waals surface area contributed by atoms with Gasteiger partial charge in [-0.1, -0.05) is 12.1 Å². The molecule has 2 aromatic rings. The normalized spacial score (nSPS) is 13.7. The van der Waals surface area contributed by atoms with Gasteiger partial charge in [-0.3, -0.25) is 4.79 Å². The van der Waals surface area contributed by atoms with Gasteiger partial charge in [0, 0.05) is 33.6 Å². The summed E-state index contributed by atoms with van der Waals surface area (Å²) >= 11 is 5.11. The molecule has 98 valence electrons. The van der Waals surface area contributed by atoms with Crippen LogP contribution in [0.1, 0.15) is 27.2 Å². The average molecular weight is 336 g/mol. The van der Waals surface area contributed by atoms with Gasteiger partial charge in [0.2, 0.25) is 0 Å². The highest BCUT2D eigenvalue weighted by atomic mass is 79.9. The Morgan fingerprint density at radius 2 is 2.26 bits per heavy atom. The van der Waals surface area contributed by atoms with Gasteiger partial charge in [-0.2, -0.15) is 0 Å². The second kappa shape index (κ2) is 5.47. The first kappa shape index (κ1) is 12.9. The van der Waals surface area contributed by atoms with Gasteiger partial charge < -0.3 is 5.32 Å². The number of anilines is 1. The Kier molecular flexibility index (Phi) is 3.71. The molecule has 0 radical (unpaired) electrons. The van der Waals surface area contributed by atoms with Crippen LogP contribution < -0.4 is 5.32 Å². The Bertz CT molecular complexity index is 620. The van der Waals surface area contributed by atoms with E-state index in [0.717, 1.165) is 40.0 Å². The fourth-order valence-electron chi connectivity index (χ4n) is 2.46. The Hall–Kier alpha value is -1.13. The summed E-state index contributed by atoms with van der Waals surface area (Å²) < 4.78 is 1.04. The van der Waals surface area contributed by atoms with Crippen LogP contribution in [0.2, 0.25) is 0 Å². The Morgan fingerprint density at radius 1 is 1.37 bits per heavy atom. The molecule has 2 nitrogen and oxygen atoms in total. The van der Waals surface area contributed by atoms with E-state index in [1.807, 2.05) is 23.6 Å². The van der Waals surface area contributed by atoms with E-state index >= 15 is 0 Å². The molecule has 0 aliphatic carbocycles. The van der Waals surface area contributed by atoms with Crippen LogP contribution in [-0.4, -0.2) is 12.3 Å². The molecule has 0 unspecified atom stereocenters. The first-order chi connectivity index (χ1) is 9.25. The van der Waals surface area contributed by atoms with Crippen LogP contribution in [0.3, 0.4) is 0 Å². The van der Waals surface area contributed by atoms with Gasteiger partial charge in [0.15, 0.2) is 5.78 Å². The van der Waals surface area contributed by atoms with Gasteiger partial charge in [-0.15, -0.1) is 11.3 Å². The SMILES string of the molecule is O=C(Cc1sccc1Br)c1cccc2c1CCCN2. The van der Waals surface area contributed by atoms with Gasteiger partial charge in [0.25, 0.3) is 0 Å². The summed E-state index contributed by atoms with van der Waals surface area (Å²) in [5.41, 5.74) is 3.19. The maximum absolute atomic E-state index is 12.5. The van der Waals surface area contributed by atoms with Crippen molar-refractivity contribution in [2.24, 2.45) is 0 Å². The molecule has 0 bridgehead atoms. The fourth-order valence-corrected chi connectivity index (χ4v) is 3.95. The van der Waals surface area contributed by atoms with Crippen LogP contribution in [0.5, 0.6) is 0 Å². The molecule has 0 amide bonds. The standard InChI is InChI=1S/C15H14BrNOS/c16-12-6-8-19-15(12)9-14(18)11-3-1-5-13-10(11)4-2-7-17-13/h1,3,5-6,8,17H,2,4,7,9H2. The van der Waals surface area contributed by atoms with E-state index in [1.54, 1.807) is 11.3 Å². The fraction of sp³-hybridized carbons (Fsp3) is 0.267. The number of ketones is 1. The predicted octanol–water partition coefficient (Wildman–Crippen LogP) is 4.29. The summed E-state index contributed by atoms with van der Waals surface area (Å²) in [6, 6.07) is 7.98. The van der Waals surface area contributed by atoms with E-state index in [4.69, 9.17) is 0 Å². The smallest absolute Gasteiger partial charge is 0.168 e. The maximum Gasteiger partial charge on any atom is 0.168 e. The summed E-state index contributed by atoms with van der Waals surface area (Å²) in [6.45, 7) is 1.00. The number of hydrogen-bond acceptors (Lipinski definition) is 3. The molecule has 0 spiro atoms. The average Bonchev–Trinajstić information content (AvgIpc) is 2.83. The zero-order chi connectivity index (χ0) is 13.2. The monoisotopic (exact) mass is 335 g/mol. The van der Waals surface area contributed by atoms with Crippen molar-refractivity contribution in [2.75, 3.05) is 11.9 Å². The van der Waals surface area contributed by atoms with E-state index in [1.165, 1.54) is 5.56 Å². The number of rotatable bonds is 3. The molecule has 0 saturated heterocycles. The Balaban J connectivity index is 1.90. The zero-order valence-electron chi connectivity index (χ0n) is 10.4. The first-order valence-electron chi connectivity index (χ1n) is 6.36. The van der Waals surface area contributed by atoms with Gasteiger partial charge in [-0.05, 0) is 51.8 Å². The second-order valence-electron chi connectivity index (χ2n) is 4.65. The zero-order valence-corrected chi connectivity index (χ0v) is 12.8. The van der Waals surface area contributed by atoms with Gasteiger partial charge in [-0.25, -0.2) is 0 Å². The van der Waals surface area contributed by atoms with Crippen molar-refractivity contribution in [3.8, 4) is 0 Å². The van der Waals surface area contributed by atoms with E-state index in [2.05, 4.69) is 27.3 Å². The van der Waals surface area contributed by atoms with E-state index in [-0.39, 0.29) is 5.78 Å². The summed E-state index contributed by atoms with van der Waals surface area (Å²) in [5.74, 6) is 0.212. The van der Waals surface area contributed by atoms with Crippen molar-refractivity contribution in [3.63, 3.8) is 0 Å². The Morgan fingerprint density at radius 3 is 3.05 bits per heavy atom. The van der Waals surface area contributed by atoms with E-state index in [9.17, 15) is 4.79 Å². The third kappa shape index (κ3) is 2.60. The number of carbonyl (C=O) groups is 1. The minimum Gasteiger partial charge on any atom is -0.385 e. The predicted molar refractivity (Wildman–Crippen MR) is 83.3 cm³/mol. The molecule has 0 saturated carbocycles. The third-order valence-electron chi connectivity index (χ3n) is 3.41. The van der Waals surface area contributed by atoms with Crippen LogP contribution in [0.25, 0.3) is 0 Å². The molecule has 2 heterocycles. The van der Waals surface area contributed by atoms with Gasteiger partial charge >= 0.3 is 0 Å². The summed E-state index contributed by atoms with van der Waals surface area (Å²) in [7, 11) is 0. The van der Waals surface area contributed by atoms with Crippen LogP contribution in [0, 0.1) is 0 Å². The molecule has 3 rings (SSSR count). The lowest BCUT2D eigenvalue weighted by molar-refractivity contribution is 0.0992. The van der Waals surface area contributed by atoms with Crippen LogP contribution in [0.4, 0.5) is 5.69 Å². The number of thiophene rings is 1. The van der Waals surface area contributed by atoms with E-state index in [0.29, 0.717) is 6.42 Å². The van der Waals surface area contributed by atoms with Crippen LogP contribution in [-0.2, 0) is 12.8 Å². The van der Waals surface area contributed by atoms with Gasteiger partial charge in [0.1, 0.15) is 0 Å². The largest absolute Gasteiger partial charge is 0.385 e. The number of benzene rings is 1. The molecule has 1 aliphatic heterocycles. The maximum atomic E-state index is 12.5.